The lowest BCUT2D eigenvalue weighted by Gasteiger charge is -2.07. The van der Waals surface area contributed by atoms with Gasteiger partial charge in [0.15, 0.2) is 0 Å². The number of ether oxygens (including phenoxy) is 1. The minimum atomic E-state index is 0.330. The molecule has 0 atom stereocenters. The number of likely N-dealkylation sites (N-methyl/N-ethyl adjacent to an activating group) is 1. The molecule has 0 rings (SSSR count). The number of rotatable bonds is 19. The Balaban J connectivity index is 3.34. The molecule has 0 aromatic carbocycles. The molecule has 1 N–H and O–H groups in total. The molecule has 3 heteroatoms. The number of unbranched alkanes of at least 4 members (excludes halogenated alkanes) is 11. The maximum absolute atomic E-state index is 10.8. The Morgan fingerprint density at radius 3 is 1.78 bits per heavy atom. The van der Waals surface area contributed by atoms with Crippen LogP contribution < -0.4 is 5.32 Å². The predicted octanol–water partition coefficient (Wildman–Crippen LogP) is 6.86. The highest BCUT2D eigenvalue weighted by molar-refractivity contribution is 5.75. The molecule has 0 spiro atoms. The van der Waals surface area contributed by atoms with Gasteiger partial charge < -0.3 is 14.8 Å². The zero-order valence-electron chi connectivity index (χ0n) is 18.2. The van der Waals surface area contributed by atoms with E-state index < -0.39 is 0 Å². The fourth-order valence-electron chi connectivity index (χ4n) is 2.93. The van der Waals surface area contributed by atoms with Gasteiger partial charge in [-0.05, 0) is 44.9 Å². The van der Waals surface area contributed by atoms with Crippen LogP contribution in [0.3, 0.4) is 0 Å². The topological polar surface area (TPSA) is 38.3 Å². The highest BCUT2D eigenvalue weighted by atomic mass is 16.5. The van der Waals surface area contributed by atoms with Crippen LogP contribution in [0.25, 0.3) is 0 Å². The number of ketones is 1. The lowest BCUT2D eigenvalue weighted by atomic mass is 10.0. The minimum absolute atomic E-state index is 0.330. The molecule has 0 aromatic heterocycles. The van der Waals surface area contributed by atoms with Crippen molar-refractivity contribution < 1.29 is 9.53 Å². The van der Waals surface area contributed by atoms with Gasteiger partial charge in [0.25, 0.3) is 0 Å². The SMILES string of the molecule is C=C(/C=C\C(=C/C)OCCCCCCCCCCCCCCC(C)=O)NC. The Hall–Kier alpha value is -1.51. The van der Waals surface area contributed by atoms with Crippen LogP contribution in [0.2, 0.25) is 0 Å². The number of carbonyl (C=O) groups excluding carboxylic acids is 1. The number of allylic oxidation sites excluding steroid dienone is 3. The van der Waals surface area contributed by atoms with Crippen molar-refractivity contribution in [2.24, 2.45) is 0 Å². The lowest BCUT2D eigenvalue weighted by molar-refractivity contribution is -0.117. The second-order valence-corrected chi connectivity index (χ2v) is 7.34. The largest absolute Gasteiger partial charge is 0.494 e. The zero-order chi connectivity index (χ0) is 20.2. The summed E-state index contributed by atoms with van der Waals surface area (Å²) >= 11 is 0. The van der Waals surface area contributed by atoms with Crippen molar-refractivity contribution in [3.63, 3.8) is 0 Å². The first-order valence-corrected chi connectivity index (χ1v) is 10.9. The Morgan fingerprint density at radius 1 is 0.852 bits per heavy atom. The van der Waals surface area contributed by atoms with Gasteiger partial charge in [0.2, 0.25) is 0 Å². The fraction of sp³-hybridized carbons (Fsp3) is 0.708. The summed E-state index contributed by atoms with van der Waals surface area (Å²) in [6, 6.07) is 0. The molecule has 0 heterocycles. The van der Waals surface area contributed by atoms with Crippen LogP contribution in [-0.4, -0.2) is 19.4 Å². The van der Waals surface area contributed by atoms with Gasteiger partial charge in [0.05, 0.1) is 6.61 Å². The maximum Gasteiger partial charge on any atom is 0.129 e. The van der Waals surface area contributed by atoms with Gasteiger partial charge >= 0.3 is 0 Å². The predicted molar refractivity (Wildman–Crippen MR) is 118 cm³/mol. The molecule has 0 saturated heterocycles. The summed E-state index contributed by atoms with van der Waals surface area (Å²) in [6.07, 6.45) is 22.0. The van der Waals surface area contributed by atoms with Crippen LogP contribution >= 0.6 is 0 Å². The molecule has 0 unspecified atom stereocenters. The van der Waals surface area contributed by atoms with Crippen LogP contribution in [0.15, 0.2) is 36.3 Å². The highest BCUT2D eigenvalue weighted by Gasteiger charge is 1.97. The molecule has 0 aliphatic rings. The van der Waals surface area contributed by atoms with E-state index in [4.69, 9.17) is 4.74 Å². The summed E-state index contributed by atoms with van der Waals surface area (Å²) in [5.41, 5.74) is 0.880. The van der Waals surface area contributed by atoms with E-state index in [0.29, 0.717) is 5.78 Å². The summed E-state index contributed by atoms with van der Waals surface area (Å²) in [7, 11) is 1.86. The number of hydrogen-bond acceptors (Lipinski definition) is 3. The van der Waals surface area contributed by atoms with E-state index in [1.165, 1.54) is 64.2 Å². The molecule has 156 valence electrons. The molecule has 0 aliphatic carbocycles. The summed E-state index contributed by atoms with van der Waals surface area (Å²) < 4.78 is 5.79. The molecule has 0 aromatic rings. The van der Waals surface area contributed by atoms with Crippen LogP contribution in [0, 0.1) is 0 Å². The lowest BCUT2D eigenvalue weighted by Crippen LogP contribution is -2.01. The molecular formula is C24H43NO2. The highest BCUT2D eigenvalue weighted by Crippen LogP contribution is 2.13. The van der Waals surface area contributed by atoms with E-state index in [-0.39, 0.29) is 0 Å². The van der Waals surface area contributed by atoms with E-state index >= 15 is 0 Å². The van der Waals surface area contributed by atoms with Crippen molar-refractivity contribution in [3.8, 4) is 0 Å². The van der Waals surface area contributed by atoms with Crippen molar-refractivity contribution in [2.45, 2.75) is 97.3 Å². The zero-order valence-corrected chi connectivity index (χ0v) is 18.2. The Labute approximate surface area is 168 Å². The Morgan fingerprint density at radius 2 is 1.33 bits per heavy atom. The standard InChI is InChI=1S/C24H43NO2/c1-5-24(20-19-22(2)25-4)27-21-17-15-13-11-9-7-6-8-10-12-14-16-18-23(3)26/h5,19-20,25H,2,6-18,21H2,1,3-4H3/b20-19-,24-5+. The van der Waals surface area contributed by atoms with E-state index in [2.05, 4.69) is 11.9 Å². The van der Waals surface area contributed by atoms with Gasteiger partial charge in [-0.2, -0.15) is 0 Å². The first-order chi connectivity index (χ1) is 13.1. The van der Waals surface area contributed by atoms with Crippen LogP contribution in [0.4, 0.5) is 0 Å². The average Bonchev–Trinajstić information content (AvgIpc) is 2.66. The quantitative estimate of drug-likeness (QED) is 0.152. The fourth-order valence-corrected chi connectivity index (χ4v) is 2.93. The second-order valence-electron chi connectivity index (χ2n) is 7.34. The van der Waals surface area contributed by atoms with Crippen molar-refractivity contribution in [1.82, 2.24) is 5.32 Å². The Kier molecular flexibility index (Phi) is 18.2. The summed E-state index contributed by atoms with van der Waals surface area (Å²) in [6.45, 7) is 8.34. The Bertz CT molecular complexity index is 438. The maximum atomic E-state index is 10.8. The molecular weight excluding hydrogens is 334 g/mol. The summed E-state index contributed by atoms with van der Waals surface area (Å²) in [5.74, 6) is 1.24. The van der Waals surface area contributed by atoms with Crippen LogP contribution in [0.1, 0.15) is 97.3 Å². The summed E-state index contributed by atoms with van der Waals surface area (Å²) in [4.78, 5) is 10.8. The van der Waals surface area contributed by atoms with Gasteiger partial charge in [-0.3, -0.25) is 0 Å². The normalized spacial score (nSPS) is 11.7. The third-order valence-corrected chi connectivity index (χ3v) is 4.75. The first kappa shape index (κ1) is 25.5. The smallest absolute Gasteiger partial charge is 0.129 e. The molecule has 3 nitrogen and oxygen atoms in total. The molecule has 0 bridgehead atoms. The minimum Gasteiger partial charge on any atom is -0.494 e. The van der Waals surface area contributed by atoms with E-state index in [1.54, 1.807) is 6.92 Å². The van der Waals surface area contributed by atoms with Crippen molar-refractivity contribution in [1.29, 1.82) is 0 Å². The first-order valence-electron chi connectivity index (χ1n) is 10.9. The number of hydrogen-bond donors (Lipinski definition) is 1. The van der Waals surface area contributed by atoms with E-state index in [9.17, 15) is 4.79 Å². The van der Waals surface area contributed by atoms with Crippen LogP contribution in [0.5, 0.6) is 0 Å². The molecule has 0 amide bonds. The number of carbonyl (C=O) groups is 1. The summed E-state index contributed by atoms with van der Waals surface area (Å²) in [5, 5.41) is 2.99. The second kappa shape index (κ2) is 19.3. The number of Topliss-reactive ketones (excluding diaryl/α,β-unsaturated/α-hetero) is 1. The van der Waals surface area contributed by atoms with E-state index in [0.717, 1.165) is 37.3 Å². The van der Waals surface area contributed by atoms with Gasteiger partial charge in [0, 0.05) is 19.2 Å². The van der Waals surface area contributed by atoms with Gasteiger partial charge in [-0.25, -0.2) is 0 Å². The monoisotopic (exact) mass is 377 g/mol. The van der Waals surface area contributed by atoms with E-state index in [1.807, 2.05) is 32.2 Å². The molecule has 0 fully saturated rings. The number of nitrogens with one attached hydrogen (secondary N) is 1. The molecule has 27 heavy (non-hydrogen) atoms. The molecule has 0 saturated carbocycles. The average molecular weight is 378 g/mol. The molecule has 0 radical (unpaired) electrons. The van der Waals surface area contributed by atoms with Gasteiger partial charge in [-0.15, -0.1) is 0 Å². The molecule has 0 aliphatic heterocycles. The van der Waals surface area contributed by atoms with Gasteiger partial charge in [-0.1, -0.05) is 70.8 Å². The van der Waals surface area contributed by atoms with Crippen LogP contribution in [-0.2, 0) is 9.53 Å². The van der Waals surface area contributed by atoms with Crippen molar-refractivity contribution in [2.75, 3.05) is 13.7 Å². The van der Waals surface area contributed by atoms with Crippen molar-refractivity contribution >= 4 is 5.78 Å². The third-order valence-electron chi connectivity index (χ3n) is 4.75. The van der Waals surface area contributed by atoms with Crippen molar-refractivity contribution in [3.05, 3.63) is 36.3 Å². The van der Waals surface area contributed by atoms with Gasteiger partial charge in [0.1, 0.15) is 11.5 Å². The third kappa shape index (κ3) is 19.1.